The Morgan fingerprint density at radius 3 is 2.30 bits per heavy atom. The number of ketones is 1. The van der Waals surface area contributed by atoms with Crippen molar-refractivity contribution in [2.75, 3.05) is 5.32 Å². The quantitative estimate of drug-likeness (QED) is 0.323. The van der Waals surface area contributed by atoms with Gasteiger partial charge in [0.1, 0.15) is 0 Å². The molecule has 0 aliphatic rings. The van der Waals surface area contributed by atoms with Gasteiger partial charge in [-0.25, -0.2) is 0 Å². The van der Waals surface area contributed by atoms with E-state index in [2.05, 4.69) is 21.9 Å². The highest BCUT2D eigenvalue weighted by Gasteiger charge is 2.11. The van der Waals surface area contributed by atoms with E-state index in [4.69, 9.17) is 0 Å². The van der Waals surface area contributed by atoms with Crippen molar-refractivity contribution in [1.29, 1.82) is 0 Å². The first-order chi connectivity index (χ1) is 9.38. The lowest BCUT2D eigenvalue weighted by Gasteiger charge is -2.06. The third kappa shape index (κ3) is 2.56. The summed E-state index contributed by atoms with van der Waals surface area (Å²) < 4.78 is 0. The molecule has 1 aromatic heterocycles. The van der Waals surface area contributed by atoms with E-state index in [1.165, 1.54) is 25.1 Å². The van der Waals surface area contributed by atoms with Crippen LogP contribution in [0, 0.1) is 0 Å². The Kier molecular flexibility index (Phi) is 3.34. The molecule has 7 heteroatoms. The van der Waals surface area contributed by atoms with Crippen molar-refractivity contribution in [2.24, 2.45) is 0 Å². The summed E-state index contributed by atoms with van der Waals surface area (Å²) in [4.78, 5) is 49.8. The lowest BCUT2D eigenvalue weighted by molar-refractivity contribution is -0.118. The van der Waals surface area contributed by atoms with Crippen LogP contribution in [0.5, 0.6) is 0 Å². The number of aromatic nitrogens is 2. The Bertz CT molecular complexity index is 845. The highest BCUT2D eigenvalue weighted by Crippen LogP contribution is 2.14. The van der Waals surface area contributed by atoms with Crippen LogP contribution in [0.4, 0.5) is 5.69 Å². The number of carbonyl (C=O) groups is 2. The van der Waals surface area contributed by atoms with Crippen LogP contribution in [0.15, 0.2) is 39.9 Å². The van der Waals surface area contributed by atoms with Gasteiger partial charge in [-0.3, -0.25) is 19.2 Å². The van der Waals surface area contributed by atoms with Crippen LogP contribution in [-0.4, -0.2) is 21.7 Å². The average molecular weight is 273 g/mol. The minimum Gasteiger partial charge on any atom is -0.322 e. The number of benzene rings is 1. The first kappa shape index (κ1) is 13.5. The second-order valence-electron chi connectivity index (χ2n) is 4.16. The molecule has 0 aliphatic heterocycles. The fourth-order valence-electron chi connectivity index (χ4n) is 1.56. The molecule has 2 aromatic rings. The Labute approximate surface area is 112 Å². The maximum Gasteiger partial charge on any atom is 0.314 e. The normalized spacial score (nSPS) is 10.2. The first-order valence-corrected chi connectivity index (χ1v) is 5.66. The molecule has 1 heterocycles. The number of aromatic amines is 2. The van der Waals surface area contributed by atoms with Crippen LogP contribution in [0.1, 0.15) is 6.92 Å². The van der Waals surface area contributed by atoms with Gasteiger partial charge in [-0.2, -0.15) is 0 Å². The molecule has 20 heavy (non-hydrogen) atoms. The fraction of sp³-hybridized carbons (Fsp3) is 0.0769. The summed E-state index contributed by atoms with van der Waals surface area (Å²) in [7, 11) is 0. The predicted octanol–water partition coefficient (Wildman–Crippen LogP) is 0.300. The molecular formula is C13H11N3O4. The molecule has 2 rings (SSSR count). The summed E-state index contributed by atoms with van der Waals surface area (Å²) in [5, 5.41) is 2.48. The molecule has 7 nitrogen and oxygen atoms in total. The van der Waals surface area contributed by atoms with Crippen molar-refractivity contribution in [3.63, 3.8) is 0 Å². The van der Waals surface area contributed by atoms with E-state index in [0.29, 0.717) is 16.7 Å². The lowest BCUT2D eigenvalue weighted by atomic mass is 10.2. The van der Waals surface area contributed by atoms with Crippen LogP contribution in [-0.2, 0) is 9.59 Å². The number of amides is 1. The molecule has 3 N–H and O–H groups in total. The van der Waals surface area contributed by atoms with Gasteiger partial charge in [0, 0.05) is 5.69 Å². The number of H-pyrrole nitrogens is 2. The van der Waals surface area contributed by atoms with Gasteiger partial charge in [-0.1, -0.05) is 6.58 Å². The molecule has 1 aromatic carbocycles. The van der Waals surface area contributed by atoms with Gasteiger partial charge in [0.2, 0.25) is 0 Å². The summed E-state index contributed by atoms with van der Waals surface area (Å²) in [6.45, 7) is 4.61. The monoisotopic (exact) mass is 273 g/mol. The van der Waals surface area contributed by atoms with E-state index < -0.39 is 22.8 Å². The van der Waals surface area contributed by atoms with Crippen LogP contribution in [0.25, 0.3) is 11.0 Å². The number of fused-ring (bicyclic) bond motifs is 1. The second kappa shape index (κ2) is 4.96. The van der Waals surface area contributed by atoms with Crippen molar-refractivity contribution in [2.45, 2.75) is 6.92 Å². The van der Waals surface area contributed by atoms with E-state index in [1.807, 2.05) is 0 Å². The largest absolute Gasteiger partial charge is 0.322 e. The Hall–Kier alpha value is -2.96. The smallest absolute Gasteiger partial charge is 0.314 e. The van der Waals surface area contributed by atoms with Gasteiger partial charge < -0.3 is 15.3 Å². The molecule has 102 valence electrons. The van der Waals surface area contributed by atoms with Gasteiger partial charge in [0.25, 0.3) is 5.91 Å². The van der Waals surface area contributed by atoms with Crippen molar-refractivity contribution >= 4 is 28.4 Å². The second-order valence-corrected chi connectivity index (χ2v) is 4.16. The molecule has 0 bridgehead atoms. The average Bonchev–Trinajstić information content (AvgIpc) is 2.39. The van der Waals surface area contributed by atoms with Gasteiger partial charge in [-0.15, -0.1) is 0 Å². The zero-order valence-corrected chi connectivity index (χ0v) is 10.6. The van der Waals surface area contributed by atoms with E-state index in [0.717, 1.165) is 0 Å². The molecule has 0 saturated heterocycles. The summed E-state index contributed by atoms with van der Waals surface area (Å²) in [5.41, 5.74) is -0.542. The van der Waals surface area contributed by atoms with Crippen LogP contribution < -0.4 is 16.4 Å². The number of carbonyl (C=O) groups excluding carboxylic acids is 2. The van der Waals surface area contributed by atoms with Crippen molar-refractivity contribution < 1.29 is 9.59 Å². The maximum atomic E-state index is 11.6. The number of anilines is 1. The van der Waals surface area contributed by atoms with E-state index in [1.54, 1.807) is 0 Å². The number of nitrogens with one attached hydrogen (secondary N) is 3. The third-order valence-corrected chi connectivity index (χ3v) is 2.68. The van der Waals surface area contributed by atoms with E-state index in [-0.39, 0.29) is 5.57 Å². The van der Waals surface area contributed by atoms with Gasteiger partial charge >= 0.3 is 11.1 Å². The highest BCUT2D eigenvalue weighted by atomic mass is 16.2. The standard InChI is InChI=1S/C13H11N3O4/c1-6(7(2)17)11(18)14-8-3-4-9-10(5-8)16-13(20)12(19)15-9/h3-5H,1H2,2H3,(H,14,18)(H,15,19)(H,16,20). The number of hydrogen-bond acceptors (Lipinski definition) is 4. The topological polar surface area (TPSA) is 112 Å². The van der Waals surface area contributed by atoms with Crippen molar-refractivity contribution in [3.8, 4) is 0 Å². The number of Topliss-reactive ketones (excluding diaryl/α,β-unsaturated/α-hetero) is 1. The van der Waals surface area contributed by atoms with E-state index >= 15 is 0 Å². The number of hydrogen-bond donors (Lipinski definition) is 3. The molecule has 0 atom stereocenters. The molecule has 0 fully saturated rings. The Balaban J connectivity index is 2.38. The van der Waals surface area contributed by atoms with Gasteiger partial charge in [0.05, 0.1) is 16.6 Å². The Morgan fingerprint density at radius 1 is 1.10 bits per heavy atom. The minimum absolute atomic E-state index is 0.167. The lowest BCUT2D eigenvalue weighted by Crippen LogP contribution is -2.28. The van der Waals surface area contributed by atoms with Crippen LogP contribution >= 0.6 is 0 Å². The maximum absolute atomic E-state index is 11.6. The minimum atomic E-state index is -0.783. The fourth-order valence-corrected chi connectivity index (χ4v) is 1.56. The molecule has 1 amide bonds. The third-order valence-electron chi connectivity index (χ3n) is 2.68. The predicted molar refractivity (Wildman–Crippen MR) is 73.6 cm³/mol. The first-order valence-electron chi connectivity index (χ1n) is 5.66. The van der Waals surface area contributed by atoms with Crippen LogP contribution in [0.2, 0.25) is 0 Å². The summed E-state index contributed by atoms with van der Waals surface area (Å²) >= 11 is 0. The summed E-state index contributed by atoms with van der Waals surface area (Å²) in [6.07, 6.45) is 0. The summed E-state index contributed by atoms with van der Waals surface area (Å²) in [6, 6.07) is 4.53. The zero-order chi connectivity index (χ0) is 14.9. The molecular weight excluding hydrogens is 262 g/mol. The van der Waals surface area contributed by atoms with Gasteiger partial charge in [0.15, 0.2) is 5.78 Å². The zero-order valence-electron chi connectivity index (χ0n) is 10.6. The highest BCUT2D eigenvalue weighted by molar-refractivity contribution is 6.22. The molecule has 0 radical (unpaired) electrons. The van der Waals surface area contributed by atoms with Crippen molar-refractivity contribution in [1.82, 2.24) is 9.97 Å². The number of rotatable bonds is 3. The van der Waals surface area contributed by atoms with Crippen molar-refractivity contribution in [3.05, 3.63) is 51.1 Å². The summed E-state index contributed by atoms with van der Waals surface area (Å²) in [5.74, 6) is -1.05. The van der Waals surface area contributed by atoms with E-state index in [9.17, 15) is 19.2 Å². The molecule has 0 aliphatic carbocycles. The van der Waals surface area contributed by atoms with Crippen LogP contribution in [0.3, 0.4) is 0 Å². The van der Waals surface area contributed by atoms with Gasteiger partial charge in [-0.05, 0) is 25.1 Å². The molecule has 0 unspecified atom stereocenters. The molecule has 0 saturated carbocycles. The Morgan fingerprint density at radius 2 is 1.70 bits per heavy atom. The molecule has 0 spiro atoms. The SMILES string of the molecule is C=C(C(C)=O)C(=O)Nc1ccc2[nH]c(=O)c(=O)[nH]c2c1.